The Morgan fingerprint density at radius 2 is 2.09 bits per heavy atom. The molecule has 118 valence electrons. The SMILES string of the molecule is CC(C)Cc1nc2cc3c(cc2n1CCCC(=O)O)OCO3. The number of carboxylic acids is 1. The minimum absolute atomic E-state index is 0.158. The van der Waals surface area contributed by atoms with E-state index < -0.39 is 5.97 Å². The molecule has 0 unspecified atom stereocenters. The summed E-state index contributed by atoms with van der Waals surface area (Å²) in [4.78, 5) is 15.5. The third-order valence-electron chi connectivity index (χ3n) is 3.68. The number of rotatable bonds is 6. The van der Waals surface area contributed by atoms with Gasteiger partial charge in [-0.05, 0) is 12.3 Å². The monoisotopic (exact) mass is 304 g/mol. The summed E-state index contributed by atoms with van der Waals surface area (Å²) in [6, 6.07) is 3.84. The van der Waals surface area contributed by atoms with Crippen LogP contribution in [0.4, 0.5) is 0 Å². The average molecular weight is 304 g/mol. The zero-order chi connectivity index (χ0) is 15.7. The predicted octanol–water partition coefficient (Wildman–Crippen LogP) is 2.83. The topological polar surface area (TPSA) is 73.6 Å². The number of hydrogen-bond donors (Lipinski definition) is 1. The lowest BCUT2D eigenvalue weighted by atomic mass is 10.1. The zero-order valence-corrected chi connectivity index (χ0v) is 12.8. The van der Waals surface area contributed by atoms with Crippen molar-refractivity contribution >= 4 is 17.0 Å². The van der Waals surface area contributed by atoms with Gasteiger partial charge in [0.2, 0.25) is 6.79 Å². The normalized spacial score (nSPS) is 13.2. The van der Waals surface area contributed by atoms with E-state index in [2.05, 4.69) is 18.4 Å². The highest BCUT2D eigenvalue weighted by atomic mass is 16.7. The van der Waals surface area contributed by atoms with Crippen LogP contribution in [-0.4, -0.2) is 27.4 Å². The molecule has 1 aromatic carbocycles. The van der Waals surface area contributed by atoms with Gasteiger partial charge in [0.15, 0.2) is 11.5 Å². The highest BCUT2D eigenvalue weighted by molar-refractivity contribution is 5.81. The van der Waals surface area contributed by atoms with Gasteiger partial charge in [0.1, 0.15) is 5.82 Å². The molecule has 0 fully saturated rings. The lowest BCUT2D eigenvalue weighted by Crippen LogP contribution is -2.08. The Morgan fingerprint density at radius 3 is 2.77 bits per heavy atom. The van der Waals surface area contributed by atoms with Crippen molar-refractivity contribution < 1.29 is 19.4 Å². The first kappa shape index (κ1) is 14.7. The molecule has 2 aromatic rings. The lowest BCUT2D eigenvalue weighted by Gasteiger charge is -2.10. The number of fused-ring (bicyclic) bond motifs is 2. The molecule has 6 nitrogen and oxygen atoms in total. The van der Waals surface area contributed by atoms with Crippen molar-refractivity contribution in [3.05, 3.63) is 18.0 Å². The fraction of sp³-hybridized carbons (Fsp3) is 0.500. The molecule has 6 heteroatoms. The number of aryl methyl sites for hydroxylation is 1. The first-order valence-electron chi connectivity index (χ1n) is 7.55. The van der Waals surface area contributed by atoms with Crippen LogP contribution in [0.25, 0.3) is 11.0 Å². The second-order valence-electron chi connectivity index (χ2n) is 5.97. The van der Waals surface area contributed by atoms with Crippen LogP contribution in [0.5, 0.6) is 11.5 Å². The van der Waals surface area contributed by atoms with Gasteiger partial charge in [0.05, 0.1) is 11.0 Å². The molecule has 22 heavy (non-hydrogen) atoms. The highest BCUT2D eigenvalue weighted by Gasteiger charge is 2.19. The minimum Gasteiger partial charge on any atom is -0.481 e. The fourth-order valence-corrected chi connectivity index (χ4v) is 2.72. The van der Waals surface area contributed by atoms with Crippen molar-refractivity contribution in [3.8, 4) is 11.5 Å². The van der Waals surface area contributed by atoms with Crippen molar-refractivity contribution in [2.45, 2.75) is 39.7 Å². The van der Waals surface area contributed by atoms with Crippen LogP contribution in [-0.2, 0) is 17.8 Å². The van der Waals surface area contributed by atoms with Gasteiger partial charge in [-0.2, -0.15) is 0 Å². The summed E-state index contributed by atoms with van der Waals surface area (Å²) in [6.07, 6.45) is 1.60. The molecular weight excluding hydrogens is 284 g/mol. The van der Waals surface area contributed by atoms with Crippen molar-refractivity contribution in [3.63, 3.8) is 0 Å². The predicted molar refractivity (Wildman–Crippen MR) is 81.3 cm³/mol. The van der Waals surface area contributed by atoms with Crippen LogP contribution >= 0.6 is 0 Å². The van der Waals surface area contributed by atoms with Crippen LogP contribution in [0, 0.1) is 5.92 Å². The van der Waals surface area contributed by atoms with Gasteiger partial charge in [0.25, 0.3) is 0 Å². The van der Waals surface area contributed by atoms with Crippen molar-refractivity contribution in [1.82, 2.24) is 9.55 Å². The van der Waals surface area contributed by atoms with Gasteiger partial charge in [0, 0.05) is 31.5 Å². The number of benzene rings is 1. The summed E-state index contributed by atoms with van der Waals surface area (Å²) in [5, 5.41) is 8.84. The molecule has 1 aliphatic heterocycles. The maximum Gasteiger partial charge on any atom is 0.303 e. The standard InChI is InChI=1S/C16H20N2O4/c1-10(2)6-15-17-11-7-13-14(22-9-21-13)8-12(11)18(15)5-3-4-16(19)20/h7-8,10H,3-6,9H2,1-2H3,(H,19,20). The Morgan fingerprint density at radius 1 is 1.36 bits per heavy atom. The van der Waals surface area contributed by atoms with Gasteiger partial charge < -0.3 is 19.1 Å². The molecule has 0 spiro atoms. The molecule has 1 aromatic heterocycles. The van der Waals surface area contributed by atoms with Gasteiger partial charge in [-0.25, -0.2) is 4.98 Å². The number of nitrogens with zero attached hydrogens (tertiary/aromatic N) is 2. The largest absolute Gasteiger partial charge is 0.481 e. The fourth-order valence-electron chi connectivity index (χ4n) is 2.72. The summed E-state index contributed by atoms with van der Waals surface area (Å²) < 4.78 is 12.9. The van der Waals surface area contributed by atoms with Crippen LogP contribution in [0.3, 0.4) is 0 Å². The lowest BCUT2D eigenvalue weighted by molar-refractivity contribution is -0.137. The number of ether oxygens (including phenoxy) is 2. The smallest absolute Gasteiger partial charge is 0.303 e. The Labute approximate surface area is 128 Å². The number of hydrogen-bond acceptors (Lipinski definition) is 4. The molecule has 0 aliphatic carbocycles. The average Bonchev–Trinajstić information content (AvgIpc) is 3.00. The number of carbonyl (C=O) groups is 1. The van der Waals surface area contributed by atoms with Gasteiger partial charge in [-0.3, -0.25) is 4.79 Å². The van der Waals surface area contributed by atoms with E-state index in [0.29, 0.717) is 18.9 Å². The van der Waals surface area contributed by atoms with Crippen molar-refractivity contribution in [1.29, 1.82) is 0 Å². The molecule has 3 rings (SSSR count). The third kappa shape index (κ3) is 2.86. The van der Waals surface area contributed by atoms with E-state index >= 15 is 0 Å². The molecular formula is C16H20N2O4. The van der Waals surface area contributed by atoms with E-state index in [4.69, 9.17) is 19.6 Å². The first-order valence-corrected chi connectivity index (χ1v) is 7.55. The second kappa shape index (κ2) is 5.87. The molecule has 0 bridgehead atoms. The number of imidazole rings is 1. The maximum atomic E-state index is 10.7. The van der Waals surface area contributed by atoms with E-state index in [-0.39, 0.29) is 13.2 Å². The van der Waals surface area contributed by atoms with E-state index in [0.717, 1.165) is 34.8 Å². The first-order chi connectivity index (χ1) is 10.5. The van der Waals surface area contributed by atoms with Crippen LogP contribution in [0.15, 0.2) is 12.1 Å². The molecule has 0 saturated heterocycles. The van der Waals surface area contributed by atoms with Crippen molar-refractivity contribution in [2.24, 2.45) is 5.92 Å². The van der Waals surface area contributed by atoms with Crippen LogP contribution in [0.1, 0.15) is 32.5 Å². The number of aliphatic carboxylic acids is 1. The van der Waals surface area contributed by atoms with Gasteiger partial charge in [-0.15, -0.1) is 0 Å². The molecule has 0 saturated carbocycles. The quantitative estimate of drug-likeness (QED) is 0.888. The molecule has 2 heterocycles. The molecule has 0 amide bonds. The Bertz CT molecular complexity index is 706. The van der Waals surface area contributed by atoms with Gasteiger partial charge >= 0.3 is 5.97 Å². The third-order valence-corrected chi connectivity index (χ3v) is 3.68. The second-order valence-corrected chi connectivity index (χ2v) is 5.97. The van der Waals surface area contributed by atoms with E-state index in [9.17, 15) is 4.79 Å². The summed E-state index contributed by atoms with van der Waals surface area (Å²) in [7, 11) is 0. The van der Waals surface area contributed by atoms with Crippen LogP contribution < -0.4 is 9.47 Å². The molecule has 1 N–H and O–H groups in total. The summed E-state index contributed by atoms with van der Waals surface area (Å²) >= 11 is 0. The van der Waals surface area contributed by atoms with Crippen molar-refractivity contribution in [2.75, 3.05) is 6.79 Å². The highest BCUT2D eigenvalue weighted by Crippen LogP contribution is 2.36. The van der Waals surface area contributed by atoms with Gasteiger partial charge in [-0.1, -0.05) is 13.8 Å². The molecule has 0 atom stereocenters. The number of aromatic nitrogens is 2. The van der Waals surface area contributed by atoms with E-state index in [1.165, 1.54) is 0 Å². The van der Waals surface area contributed by atoms with E-state index in [1.54, 1.807) is 0 Å². The Balaban J connectivity index is 1.98. The minimum atomic E-state index is -0.771. The zero-order valence-electron chi connectivity index (χ0n) is 12.8. The number of carboxylic acid groups (broad SMARTS) is 1. The van der Waals surface area contributed by atoms with E-state index in [1.807, 2.05) is 12.1 Å². The summed E-state index contributed by atoms with van der Waals surface area (Å²) in [5.74, 6) is 2.14. The summed E-state index contributed by atoms with van der Waals surface area (Å²) in [6.45, 7) is 5.17. The maximum absolute atomic E-state index is 10.7. The molecule has 1 aliphatic rings. The Hall–Kier alpha value is -2.24. The Kier molecular flexibility index (Phi) is 3.92. The molecule has 0 radical (unpaired) electrons. The summed E-state index contributed by atoms with van der Waals surface area (Å²) in [5.41, 5.74) is 1.85. The van der Waals surface area contributed by atoms with Crippen LogP contribution in [0.2, 0.25) is 0 Å².